The number of fused-ring (bicyclic) bond motifs is 5. The van der Waals surface area contributed by atoms with Gasteiger partial charge in [-0.15, -0.1) is 0 Å². The summed E-state index contributed by atoms with van der Waals surface area (Å²) in [5.41, 5.74) is -7.36. The molecule has 1 heterocycles. The number of unbranched alkanes of at least 4 members (excludes halogenated alkanes) is 1. The van der Waals surface area contributed by atoms with E-state index in [1.165, 1.54) is 26.0 Å². The van der Waals surface area contributed by atoms with Crippen LogP contribution in [0.25, 0.3) is 0 Å². The number of esters is 4. The van der Waals surface area contributed by atoms with E-state index in [1.54, 1.807) is 62.4 Å². The summed E-state index contributed by atoms with van der Waals surface area (Å²) >= 11 is 0. The van der Waals surface area contributed by atoms with Crippen LogP contribution in [-0.2, 0) is 52.5 Å². The first kappa shape index (κ1) is 45.2. The average molecular weight is 848 g/mol. The smallest absolute Gasteiger partial charge is 0.338 e. The Morgan fingerprint density at radius 1 is 0.951 bits per heavy atom. The number of hydrogen-bond donors (Lipinski definition) is 4. The molecule has 328 valence electrons. The highest BCUT2D eigenvalue weighted by atomic mass is 16.6. The molecule has 16 nitrogen and oxygen atoms in total. The van der Waals surface area contributed by atoms with Gasteiger partial charge in [-0.25, -0.2) is 9.59 Å². The number of benzene rings is 2. The Balaban J connectivity index is 1.52. The third kappa shape index (κ3) is 7.90. The van der Waals surface area contributed by atoms with Crippen LogP contribution in [0.5, 0.6) is 0 Å². The van der Waals surface area contributed by atoms with Crippen LogP contribution in [0.1, 0.15) is 95.6 Å². The standard InChI is InChI=1S/C45H53NO15/c1-24-29(59-41(55)35(52)34(27-15-9-7-10-16-27)46-32(51)19-13-14-20-47)22-45(56)39(60-40(54)28-17-11-8-12-18-28)37-43(6,30(50)21-31-44(37,23-57-31)61-26(3)49)38(53)36(58-25(2)48)33(24)42(45,4)5/h7-12,15-18,20,29-31,34-37,39,50,52,56H,13-14,19,21-23H2,1-6H3,(H,46,51)/t29-,30-,31+,34-,35+,36+,37-,39-,43+,44-,45+/m0/s1. The highest BCUT2D eigenvalue weighted by Crippen LogP contribution is 2.64. The summed E-state index contributed by atoms with van der Waals surface area (Å²) < 4.78 is 30.1. The molecule has 0 unspecified atom stereocenters. The lowest BCUT2D eigenvalue weighted by molar-refractivity contribution is -0.346. The van der Waals surface area contributed by atoms with Gasteiger partial charge in [0.15, 0.2) is 23.6 Å². The molecule has 6 rings (SSSR count). The molecule has 1 saturated heterocycles. The second-order valence-electron chi connectivity index (χ2n) is 17.1. The molecular formula is C45H53NO15. The van der Waals surface area contributed by atoms with Gasteiger partial charge >= 0.3 is 23.9 Å². The van der Waals surface area contributed by atoms with Crippen molar-refractivity contribution in [3.63, 3.8) is 0 Å². The number of carbonyl (C=O) groups excluding carboxylic acids is 7. The molecule has 2 bridgehead atoms. The molecule has 16 heteroatoms. The number of aliphatic hydroxyl groups is 3. The Kier molecular flexibility index (Phi) is 12.8. The van der Waals surface area contributed by atoms with Crippen molar-refractivity contribution in [1.82, 2.24) is 5.32 Å². The van der Waals surface area contributed by atoms with Crippen LogP contribution in [-0.4, -0.2) is 112 Å². The summed E-state index contributed by atoms with van der Waals surface area (Å²) in [6.07, 6.45) is -9.65. The fourth-order valence-corrected chi connectivity index (χ4v) is 9.96. The minimum absolute atomic E-state index is 0.0158. The number of amides is 1. The number of aldehydes is 1. The van der Waals surface area contributed by atoms with Gasteiger partial charge in [-0.3, -0.25) is 19.2 Å². The van der Waals surface area contributed by atoms with Gasteiger partial charge in [0.2, 0.25) is 5.91 Å². The lowest BCUT2D eigenvalue weighted by Gasteiger charge is -2.67. The number of ketones is 1. The summed E-state index contributed by atoms with van der Waals surface area (Å²) in [7, 11) is 0. The van der Waals surface area contributed by atoms with Gasteiger partial charge in [0.25, 0.3) is 0 Å². The van der Waals surface area contributed by atoms with E-state index in [0.29, 0.717) is 11.8 Å². The maximum atomic E-state index is 15.4. The summed E-state index contributed by atoms with van der Waals surface area (Å²) in [6.45, 7) is 7.90. The summed E-state index contributed by atoms with van der Waals surface area (Å²) in [4.78, 5) is 93.6. The first-order chi connectivity index (χ1) is 28.7. The van der Waals surface area contributed by atoms with Crippen molar-refractivity contribution >= 4 is 41.9 Å². The molecule has 2 saturated carbocycles. The molecule has 4 N–H and O–H groups in total. The van der Waals surface area contributed by atoms with Crippen LogP contribution in [0, 0.1) is 16.7 Å². The Hall–Kier alpha value is -5.29. The molecule has 1 aliphatic heterocycles. The number of rotatable bonds is 13. The van der Waals surface area contributed by atoms with E-state index in [-0.39, 0.29) is 49.0 Å². The Morgan fingerprint density at radius 2 is 1.59 bits per heavy atom. The second kappa shape index (κ2) is 17.2. The van der Waals surface area contributed by atoms with Gasteiger partial charge in [-0.2, -0.15) is 0 Å². The molecule has 0 spiro atoms. The zero-order valence-electron chi connectivity index (χ0n) is 35.0. The van der Waals surface area contributed by atoms with Crippen molar-refractivity contribution in [3.05, 3.63) is 82.9 Å². The maximum Gasteiger partial charge on any atom is 0.338 e. The van der Waals surface area contributed by atoms with E-state index >= 15 is 4.79 Å². The van der Waals surface area contributed by atoms with Gasteiger partial charge in [0, 0.05) is 44.9 Å². The highest BCUT2D eigenvalue weighted by molar-refractivity contribution is 5.95. The summed E-state index contributed by atoms with van der Waals surface area (Å²) in [6, 6.07) is 14.6. The van der Waals surface area contributed by atoms with E-state index in [4.69, 9.17) is 23.7 Å². The monoisotopic (exact) mass is 847 g/mol. The number of carbonyl (C=O) groups is 7. The summed E-state index contributed by atoms with van der Waals surface area (Å²) in [5, 5.41) is 40.0. The van der Waals surface area contributed by atoms with E-state index in [2.05, 4.69) is 5.32 Å². The second-order valence-corrected chi connectivity index (χ2v) is 17.1. The quantitative estimate of drug-likeness (QED) is 0.0746. The number of nitrogens with one attached hydrogen (secondary N) is 1. The topological polar surface area (TPSA) is 238 Å². The molecule has 0 aromatic heterocycles. The van der Waals surface area contributed by atoms with Crippen LogP contribution in [0.15, 0.2) is 71.8 Å². The predicted molar refractivity (Wildman–Crippen MR) is 212 cm³/mol. The zero-order chi connectivity index (χ0) is 44.7. The molecule has 0 radical (unpaired) electrons. The lowest BCUT2D eigenvalue weighted by atomic mass is 9.44. The first-order valence-electron chi connectivity index (χ1n) is 20.3. The number of aliphatic hydroxyl groups excluding tert-OH is 2. The zero-order valence-corrected chi connectivity index (χ0v) is 35.0. The molecule has 1 amide bonds. The molecule has 2 aromatic rings. The predicted octanol–water partition coefficient (Wildman–Crippen LogP) is 2.79. The number of ether oxygens (including phenoxy) is 5. The van der Waals surface area contributed by atoms with Gasteiger partial charge in [0.05, 0.1) is 35.6 Å². The molecule has 2 aromatic carbocycles. The van der Waals surface area contributed by atoms with Crippen molar-refractivity contribution in [1.29, 1.82) is 0 Å². The Labute approximate surface area is 352 Å². The molecule has 61 heavy (non-hydrogen) atoms. The van der Waals surface area contributed by atoms with Crippen LogP contribution in [0.4, 0.5) is 0 Å². The van der Waals surface area contributed by atoms with Gasteiger partial charge < -0.3 is 49.1 Å². The third-order valence-electron chi connectivity index (χ3n) is 13.2. The van der Waals surface area contributed by atoms with E-state index in [1.807, 2.05) is 0 Å². The molecule has 3 aliphatic carbocycles. The van der Waals surface area contributed by atoms with Crippen molar-refractivity contribution in [3.8, 4) is 0 Å². The van der Waals surface area contributed by atoms with Crippen molar-refractivity contribution in [2.75, 3.05) is 6.61 Å². The Bertz CT molecular complexity index is 2090. The SMILES string of the molecule is CC(=O)O[C@H]1C(=O)[C@@]2(C)[C@H]([C@H](OC(=O)c3ccccc3)[C@]3(O)C[C@H](OC(=O)[C@H](O)[C@@H](NC(=O)CCCC=O)c4ccccc4)C(C)=C1C3(C)C)[C@]1(OC(C)=O)CO[C@@H]1C[C@@H]2O. The summed E-state index contributed by atoms with van der Waals surface area (Å²) in [5.74, 6) is -6.87. The van der Waals surface area contributed by atoms with Crippen LogP contribution < -0.4 is 5.32 Å². The van der Waals surface area contributed by atoms with E-state index < -0.39 is 113 Å². The van der Waals surface area contributed by atoms with Crippen molar-refractivity contribution < 1.29 is 72.6 Å². The normalized spacial score (nSPS) is 32.2. The molecule has 11 atom stereocenters. The maximum absolute atomic E-state index is 15.4. The minimum Gasteiger partial charge on any atom is -0.456 e. The largest absolute Gasteiger partial charge is 0.456 e. The van der Waals surface area contributed by atoms with E-state index in [0.717, 1.165) is 13.8 Å². The minimum atomic E-state index is -2.40. The molecule has 3 fully saturated rings. The first-order valence-corrected chi connectivity index (χ1v) is 20.3. The Morgan fingerprint density at radius 3 is 2.16 bits per heavy atom. The van der Waals surface area contributed by atoms with Gasteiger partial charge in [-0.05, 0) is 49.1 Å². The fraction of sp³-hybridized carbons (Fsp3) is 0.533. The number of hydrogen-bond acceptors (Lipinski definition) is 15. The van der Waals surface area contributed by atoms with Gasteiger partial charge in [-0.1, -0.05) is 62.4 Å². The van der Waals surface area contributed by atoms with Crippen LogP contribution in [0.3, 0.4) is 0 Å². The van der Waals surface area contributed by atoms with E-state index in [9.17, 15) is 44.1 Å². The molecular weight excluding hydrogens is 794 g/mol. The van der Waals surface area contributed by atoms with Crippen LogP contribution >= 0.6 is 0 Å². The van der Waals surface area contributed by atoms with Gasteiger partial charge in [0.1, 0.15) is 30.2 Å². The van der Waals surface area contributed by atoms with Crippen molar-refractivity contribution in [2.45, 2.75) is 128 Å². The lowest BCUT2D eigenvalue weighted by Crippen LogP contribution is -2.82. The average Bonchev–Trinajstić information content (AvgIpc) is 3.21. The fourth-order valence-electron chi connectivity index (χ4n) is 9.96. The highest BCUT2D eigenvalue weighted by Gasteiger charge is 2.78. The van der Waals surface area contributed by atoms with Crippen molar-refractivity contribution in [2.24, 2.45) is 16.7 Å². The molecule has 4 aliphatic rings. The van der Waals surface area contributed by atoms with Crippen LogP contribution in [0.2, 0.25) is 0 Å². The number of Topliss-reactive ketones (excluding diaryl/α,β-unsaturated/α-hetero) is 1. The third-order valence-corrected chi connectivity index (χ3v) is 13.2.